The maximum atomic E-state index is 12.8. The molecule has 4 nitrogen and oxygen atoms in total. The molecule has 3 N–H and O–H groups in total. The van der Waals surface area contributed by atoms with Crippen LogP contribution in [0.2, 0.25) is 0 Å². The summed E-state index contributed by atoms with van der Waals surface area (Å²) in [6.45, 7) is 0. The van der Waals surface area contributed by atoms with Crippen molar-refractivity contribution in [1.29, 1.82) is 0 Å². The molecule has 1 aromatic rings. The monoisotopic (exact) mass is 208 g/mol. The Balaban J connectivity index is 2.53. The minimum absolute atomic E-state index is 0.148. The fourth-order valence-electron chi connectivity index (χ4n) is 1.57. The summed E-state index contributed by atoms with van der Waals surface area (Å²) in [7, 11) is 0. The van der Waals surface area contributed by atoms with E-state index in [1.807, 2.05) is 0 Å². The van der Waals surface area contributed by atoms with Crippen molar-refractivity contribution in [3.05, 3.63) is 34.9 Å². The number of nitrogens with zero attached hydrogens (tertiary/aromatic N) is 1. The molecule has 0 fully saturated rings. The molecule has 5 heteroatoms. The average Bonchev–Trinajstić information content (AvgIpc) is 2.16. The Bertz CT molecular complexity index is 457. The van der Waals surface area contributed by atoms with Crippen molar-refractivity contribution in [3.8, 4) is 0 Å². The van der Waals surface area contributed by atoms with E-state index in [9.17, 15) is 14.3 Å². The highest BCUT2D eigenvalue weighted by Gasteiger charge is 2.22. The van der Waals surface area contributed by atoms with Crippen LogP contribution < -0.4 is 5.73 Å². The largest absolute Gasteiger partial charge is 0.388 e. The molecule has 1 amide bonds. The molecule has 0 radical (unpaired) electrons. The highest BCUT2D eigenvalue weighted by Crippen LogP contribution is 2.30. The number of primary amides is 1. The normalized spacial score (nSPS) is 19.3. The van der Waals surface area contributed by atoms with Crippen LogP contribution in [0.5, 0.6) is 0 Å². The van der Waals surface area contributed by atoms with Gasteiger partial charge in [-0.1, -0.05) is 0 Å². The van der Waals surface area contributed by atoms with Gasteiger partial charge in [-0.15, -0.1) is 0 Å². The first-order chi connectivity index (χ1) is 7.08. The number of hydrogen-bond acceptors (Lipinski definition) is 3. The average molecular weight is 208 g/mol. The zero-order valence-corrected chi connectivity index (χ0v) is 7.77. The van der Waals surface area contributed by atoms with Crippen molar-refractivity contribution in [3.63, 3.8) is 0 Å². The van der Waals surface area contributed by atoms with Gasteiger partial charge in [0.2, 0.25) is 11.9 Å². The van der Waals surface area contributed by atoms with Gasteiger partial charge in [0, 0.05) is 17.6 Å². The number of halogens is 1. The predicted molar refractivity (Wildman–Crippen MR) is 50.9 cm³/mol. The number of rotatable bonds is 1. The highest BCUT2D eigenvalue weighted by atomic mass is 19.1. The van der Waals surface area contributed by atoms with Crippen molar-refractivity contribution in [2.24, 2.45) is 5.73 Å². The van der Waals surface area contributed by atoms with Gasteiger partial charge in [-0.3, -0.25) is 4.79 Å². The Morgan fingerprint density at radius 2 is 2.33 bits per heavy atom. The molecule has 1 aromatic heterocycles. The quantitative estimate of drug-likeness (QED) is 0.661. The summed E-state index contributed by atoms with van der Waals surface area (Å²) in [4.78, 5) is 14.5. The Hall–Kier alpha value is -1.75. The van der Waals surface area contributed by atoms with Gasteiger partial charge in [-0.05, 0) is 18.2 Å². The third kappa shape index (κ3) is 1.73. The second kappa shape index (κ2) is 3.43. The van der Waals surface area contributed by atoms with Crippen molar-refractivity contribution in [2.45, 2.75) is 12.5 Å². The van der Waals surface area contributed by atoms with Crippen molar-refractivity contribution in [2.75, 3.05) is 0 Å². The van der Waals surface area contributed by atoms with Gasteiger partial charge in [-0.2, -0.15) is 4.39 Å². The van der Waals surface area contributed by atoms with Crippen molar-refractivity contribution >= 4 is 12.0 Å². The molecule has 0 saturated carbocycles. The Labute approximate surface area is 85.2 Å². The lowest BCUT2D eigenvalue weighted by atomic mass is 9.93. The molecule has 0 saturated heterocycles. The summed E-state index contributed by atoms with van der Waals surface area (Å²) in [5.41, 5.74) is 6.12. The molecule has 1 unspecified atom stereocenters. The molecule has 78 valence electrons. The van der Waals surface area contributed by atoms with E-state index in [1.165, 1.54) is 18.2 Å². The molecule has 0 aliphatic heterocycles. The topological polar surface area (TPSA) is 76.2 Å². The molecule has 1 aliphatic rings. The van der Waals surface area contributed by atoms with E-state index in [-0.39, 0.29) is 17.7 Å². The minimum atomic E-state index is -0.847. The maximum Gasteiger partial charge on any atom is 0.244 e. The zero-order chi connectivity index (χ0) is 11.0. The van der Waals surface area contributed by atoms with Crippen LogP contribution >= 0.6 is 0 Å². The second-order valence-electron chi connectivity index (χ2n) is 3.36. The summed E-state index contributed by atoms with van der Waals surface area (Å²) in [5.74, 6) is -1.27. The summed E-state index contributed by atoms with van der Waals surface area (Å²) in [6.07, 6.45) is 0.712. The molecule has 15 heavy (non-hydrogen) atoms. The van der Waals surface area contributed by atoms with E-state index in [2.05, 4.69) is 4.98 Å². The first kappa shape index (κ1) is 9.79. The van der Waals surface area contributed by atoms with Crippen LogP contribution in [-0.4, -0.2) is 16.0 Å². The molecular weight excluding hydrogens is 199 g/mol. The summed E-state index contributed by atoms with van der Waals surface area (Å²) in [6, 6.07) is 2.63. The van der Waals surface area contributed by atoms with Crippen molar-refractivity contribution < 1.29 is 14.3 Å². The number of aliphatic hydroxyl groups excluding tert-OH is 1. The van der Waals surface area contributed by atoms with E-state index in [1.54, 1.807) is 0 Å². The second-order valence-corrected chi connectivity index (χ2v) is 3.36. The van der Waals surface area contributed by atoms with Gasteiger partial charge in [0.25, 0.3) is 0 Å². The van der Waals surface area contributed by atoms with E-state index >= 15 is 0 Å². The fourth-order valence-corrected chi connectivity index (χ4v) is 1.57. The van der Waals surface area contributed by atoms with Gasteiger partial charge in [0.05, 0.1) is 11.8 Å². The van der Waals surface area contributed by atoms with Crippen LogP contribution in [0.3, 0.4) is 0 Å². The molecule has 0 bridgehead atoms. The number of amides is 1. The SMILES string of the molecule is NC(=O)C1=Cc2nc(F)ccc2C(O)C1. The smallest absolute Gasteiger partial charge is 0.244 e. The Kier molecular flexibility index (Phi) is 2.24. The van der Waals surface area contributed by atoms with Crippen LogP contribution in [0.15, 0.2) is 17.7 Å². The number of carbonyl (C=O) groups is 1. The van der Waals surface area contributed by atoms with Gasteiger partial charge >= 0.3 is 0 Å². The standard InChI is InChI=1S/C10H9FN2O2/c11-9-2-1-6-7(13-9)3-5(10(12)15)4-8(6)14/h1-3,8,14H,4H2,(H2,12,15). The zero-order valence-electron chi connectivity index (χ0n) is 7.77. The van der Waals surface area contributed by atoms with Crippen LogP contribution in [0, 0.1) is 5.95 Å². The Morgan fingerprint density at radius 1 is 1.60 bits per heavy atom. The first-order valence-corrected chi connectivity index (χ1v) is 4.43. The summed E-state index contributed by atoms with van der Waals surface area (Å²) >= 11 is 0. The number of pyridine rings is 1. The Morgan fingerprint density at radius 3 is 3.00 bits per heavy atom. The summed E-state index contributed by atoms with van der Waals surface area (Å²) < 4.78 is 12.8. The van der Waals surface area contributed by atoms with E-state index < -0.39 is 18.0 Å². The van der Waals surface area contributed by atoms with E-state index in [0.29, 0.717) is 5.56 Å². The number of aromatic nitrogens is 1. The molecule has 2 rings (SSSR count). The molecule has 1 aliphatic carbocycles. The first-order valence-electron chi connectivity index (χ1n) is 4.43. The molecule has 1 heterocycles. The number of nitrogens with two attached hydrogens (primary N) is 1. The van der Waals surface area contributed by atoms with Crippen LogP contribution in [0.1, 0.15) is 23.8 Å². The third-order valence-corrected chi connectivity index (χ3v) is 2.32. The maximum absolute atomic E-state index is 12.8. The van der Waals surface area contributed by atoms with Crippen LogP contribution in [0.25, 0.3) is 6.08 Å². The number of aliphatic hydroxyl groups is 1. The number of carbonyl (C=O) groups excluding carboxylic acids is 1. The van der Waals surface area contributed by atoms with E-state index in [4.69, 9.17) is 5.73 Å². The van der Waals surface area contributed by atoms with Crippen LogP contribution in [-0.2, 0) is 4.79 Å². The summed E-state index contributed by atoms with van der Waals surface area (Å²) in [5, 5.41) is 9.66. The van der Waals surface area contributed by atoms with Crippen LogP contribution in [0.4, 0.5) is 4.39 Å². The molecular formula is C10H9FN2O2. The lowest BCUT2D eigenvalue weighted by molar-refractivity contribution is -0.114. The van der Waals surface area contributed by atoms with Gasteiger partial charge in [0.15, 0.2) is 0 Å². The third-order valence-electron chi connectivity index (χ3n) is 2.32. The molecule has 0 spiro atoms. The number of hydrogen-bond donors (Lipinski definition) is 2. The van der Waals surface area contributed by atoms with Gasteiger partial charge in [-0.25, -0.2) is 4.98 Å². The van der Waals surface area contributed by atoms with Gasteiger partial charge < -0.3 is 10.8 Å². The van der Waals surface area contributed by atoms with E-state index in [0.717, 1.165) is 0 Å². The van der Waals surface area contributed by atoms with Gasteiger partial charge in [0.1, 0.15) is 0 Å². The highest BCUT2D eigenvalue weighted by molar-refractivity contribution is 5.97. The number of fused-ring (bicyclic) bond motifs is 1. The predicted octanol–water partition coefficient (Wildman–Crippen LogP) is 0.527. The minimum Gasteiger partial charge on any atom is -0.388 e. The lowest BCUT2D eigenvalue weighted by Gasteiger charge is -2.19. The fraction of sp³-hybridized carbons (Fsp3) is 0.200. The molecule has 0 aromatic carbocycles. The lowest BCUT2D eigenvalue weighted by Crippen LogP contribution is -2.19. The van der Waals surface area contributed by atoms with Crippen molar-refractivity contribution in [1.82, 2.24) is 4.98 Å². The molecule has 1 atom stereocenters.